The molecule has 4 atom stereocenters. The van der Waals surface area contributed by atoms with Crippen LogP contribution in [0.1, 0.15) is 19.3 Å². The Hall–Kier alpha value is -0.650. The smallest absolute Gasteiger partial charge is 0.225 e. The maximum absolute atomic E-state index is 12.3. The van der Waals surface area contributed by atoms with Gasteiger partial charge in [-0.3, -0.25) is 9.69 Å². The van der Waals surface area contributed by atoms with Crippen LogP contribution in [0.4, 0.5) is 0 Å². The van der Waals surface area contributed by atoms with E-state index in [4.69, 9.17) is 10.5 Å². The number of nitrogens with two attached hydrogens (primary N) is 1. The molecule has 0 radical (unpaired) electrons. The van der Waals surface area contributed by atoms with Crippen LogP contribution < -0.4 is 11.1 Å². The lowest BCUT2D eigenvalue weighted by Gasteiger charge is -2.29. The van der Waals surface area contributed by atoms with E-state index in [1.807, 2.05) is 0 Å². The highest BCUT2D eigenvalue weighted by atomic mass is 16.5. The molecule has 1 aliphatic heterocycles. The summed E-state index contributed by atoms with van der Waals surface area (Å²) in [5.74, 6) is 1.40. The third-order valence-corrected chi connectivity index (χ3v) is 5.11. The normalized spacial score (nSPS) is 38.6. The number of ether oxygens (including phenoxy) is 1. The molecule has 1 amide bonds. The number of hydrogen-bond acceptors (Lipinski definition) is 4. The standard InChI is InChI=1S/C14H25N3O2/c15-13-11-2-1-10(9-11)12(13)14(18)16-3-4-17-5-7-19-8-6-17/h10-13H,1-9,15H2,(H,16,18)/t10-,11-,12-,13-/m0/s1. The molecule has 1 heterocycles. The van der Waals surface area contributed by atoms with Gasteiger partial charge in [0.05, 0.1) is 19.1 Å². The number of amides is 1. The Bertz CT molecular complexity index is 329. The van der Waals surface area contributed by atoms with Crippen molar-refractivity contribution in [1.82, 2.24) is 10.2 Å². The topological polar surface area (TPSA) is 67.6 Å². The van der Waals surface area contributed by atoms with Crippen LogP contribution >= 0.6 is 0 Å². The first-order valence-corrected chi connectivity index (χ1v) is 7.59. The van der Waals surface area contributed by atoms with E-state index in [0.29, 0.717) is 11.8 Å². The van der Waals surface area contributed by atoms with Crippen molar-refractivity contribution in [3.8, 4) is 0 Å². The third-order valence-electron chi connectivity index (χ3n) is 5.11. The molecule has 2 aliphatic carbocycles. The van der Waals surface area contributed by atoms with Crippen LogP contribution in [0.3, 0.4) is 0 Å². The Kier molecular flexibility index (Phi) is 4.05. The fourth-order valence-corrected chi connectivity index (χ4v) is 4.00. The van der Waals surface area contributed by atoms with Crippen molar-refractivity contribution in [3.63, 3.8) is 0 Å². The van der Waals surface area contributed by atoms with Crippen molar-refractivity contribution in [2.75, 3.05) is 39.4 Å². The van der Waals surface area contributed by atoms with Crippen LogP contribution in [-0.4, -0.2) is 56.2 Å². The summed E-state index contributed by atoms with van der Waals surface area (Å²) in [6.45, 7) is 5.23. The van der Waals surface area contributed by atoms with E-state index in [0.717, 1.165) is 39.4 Å². The lowest BCUT2D eigenvalue weighted by molar-refractivity contribution is -0.127. The summed E-state index contributed by atoms with van der Waals surface area (Å²) in [6, 6.07) is 0.0992. The highest BCUT2D eigenvalue weighted by Gasteiger charge is 2.48. The van der Waals surface area contributed by atoms with Crippen molar-refractivity contribution in [3.05, 3.63) is 0 Å². The van der Waals surface area contributed by atoms with Gasteiger partial charge in [-0.2, -0.15) is 0 Å². The zero-order valence-electron chi connectivity index (χ0n) is 11.5. The Morgan fingerprint density at radius 3 is 2.68 bits per heavy atom. The summed E-state index contributed by atoms with van der Waals surface area (Å²) in [5.41, 5.74) is 6.19. The van der Waals surface area contributed by atoms with Gasteiger partial charge in [-0.25, -0.2) is 0 Å². The fraction of sp³-hybridized carbons (Fsp3) is 0.929. The molecule has 2 saturated carbocycles. The van der Waals surface area contributed by atoms with E-state index < -0.39 is 0 Å². The van der Waals surface area contributed by atoms with Crippen LogP contribution in [-0.2, 0) is 9.53 Å². The van der Waals surface area contributed by atoms with E-state index >= 15 is 0 Å². The summed E-state index contributed by atoms with van der Waals surface area (Å²) in [4.78, 5) is 14.6. The van der Waals surface area contributed by atoms with Crippen molar-refractivity contribution in [1.29, 1.82) is 0 Å². The highest BCUT2D eigenvalue weighted by molar-refractivity contribution is 5.80. The fourth-order valence-electron chi connectivity index (χ4n) is 4.00. The summed E-state index contributed by atoms with van der Waals surface area (Å²) >= 11 is 0. The number of carbonyl (C=O) groups is 1. The van der Waals surface area contributed by atoms with Crippen molar-refractivity contribution in [2.45, 2.75) is 25.3 Å². The number of morpholine rings is 1. The van der Waals surface area contributed by atoms with Gasteiger partial charge in [0.15, 0.2) is 0 Å². The summed E-state index contributed by atoms with van der Waals surface area (Å²) in [7, 11) is 0. The molecule has 3 aliphatic rings. The van der Waals surface area contributed by atoms with Crippen LogP contribution in [0.5, 0.6) is 0 Å². The third kappa shape index (κ3) is 2.78. The van der Waals surface area contributed by atoms with E-state index in [9.17, 15) is 4.79 Å². The van der Waals surface area contributed by atoms with Gasteiger partial charge in [0.1, 0.15) is 0 Å². The molecule has 0 unspecified atom stereocenters. The number of rotatable bonds is 4. The van der Waals surface area contributed by atoms with Gasteiger partial charge < -0.3 is 15.8 Å². The molecule has 0 aromatic rings. The van der Waals surface area contributed by atoms with Gasteiger partial charge in [0.2, 0.25) is 5.91 Å². The molecule has 108 valence electrons. The average molecular weight is 267 g/mol. The Morgan fingerprint density at radius 2 is 2.00 bits per heavy atom. The minimum Gasteiger partial charge on any atom is -0.379 e. The molecule has 0 aromatic heterocycles. The van der Waals surface area contributed by atoms with Crippen molar-refractivity contribution in [2.24, 2.45) is 23.5 Å². The first kappa shape index (κ1) is 13.3. The molecule has 19 heavy (non-hydrogen) atoms. The zero-order chi connectivity index (χ0) is 13.2. The van der Waals surface area contributed by atoms with Crippen LogP contribution in [0.25, 0.3) is 0 Å². The van der Waals surface area contributed by atoms with Gasteiger partial charge in [-0.1, -0.05) is 0 Å². The van der Waals surface area contributed by atoms with E-state index in [1.54, 1.807) is 0 Å². The monoisotopic (exact) mass is 267 g/mol. The van der Waals surface area contributed by atoms with Crippen LogP contribution in [0, 0.1) is 17.8 Å². The molecular formula is C14H25N3O2. The quantitative estimate of drug-likeness (QED) is 0.741. The number of fused-ring (bicyclic) bond motifs is 2. The van der Waals surface area contributed by atoms with Crippen LogP contribution in [0.15, 0.2) is 0 Å². The van der Waals surface area contributed by atoms with Crippen molar-refractivity contribution >= 4 is 5.91 Å². The van der Waals surface area contributed by atoms with Gasteiger partial charge in [0, 0.05) is 32.2 Å². The Balaban J connectivity index is 1.41. The average Bonchev–Trinajstić information content (AvgIpc) is 3.00. The first-order chi connectivity index (χ1) is 9.25. The highest BCUT2D eigenvalue weighted by Crippen LogP contribution is 2.47. The zero-order valence-corrected chi connectivity index (χ0v) is 11.5. The SMILES string of the molecule is N[C@H]1[C@H]2CC[C@@H](C2)[C@@H]1C(=O)NCCN1CCOCC1. The molecule has 1 saturated heterocycles. The van der Waals surface area contributed by atoms with E-state index in [1.165, 1.54) is 19.3 Å². The lowest BCUT2D eigenvalue weighted by Crippen LogP contribution is -2.47. The predicted octanol–water partition coefficient (Wildman–Crippen LogP) is -0.192. The molecule has 5 heteroatoms. The lowest BCUT2D eigenvalue weighted by atomic mass is 9.84. The number of nitrogens with zero attached hydrogens (tertiary/aromatic N) is 1. The van der Waals surface area contributed by atoms with Crippen LogP contribution in [0.2, 0.25) is 0 Å². The number of nitrogens with one attached hydrogen (secondary N) is 1. The first-order valence-electron chi connectivity index (χ1n) is 7.59. The second-order valence-electron chi connectivity index (χ2n) is 6.18. The minimum absolute atomic E-state index is 0.0726. The molecule has 3 fully saturated rings. The maximum atomic E-state index is 12.3. The van der Waals surface area contributed by atoms with Gasteiger partial charge in [0.25, 0.3) is 0 Å². The second-order valence-corrected chi connectivity index (χ2v) is 6.18. The van der Waals surface area contributed by atoms with Gasteiger partial charge in [-0.05, 0) is 31.1 Å². The second kappa shape index (κ2) is 5.77. The maximum Gasteiger partial charge on any atom is 0.225 e. The summed E-state index contributed by atoms with van der Waals surface area (Å²) in [6.07, 6.45) is 3.59. The summed E-state index contributed by atoms with van der Waals surface area (Å²) in [5, 5.41) is 3.09. The molecule has 3 N–H and O–H groups in total. The largest absolute Gasteiger partial charge is 0.379 e. The Labute approximate surface area is 114 Å². The van der Waals surface area contributed by atoms with E-state index in [-0.39, 0.29) is 17.9 Å². The molecular weight excluding hydrogens is 242 g/mol. The van der Waals surface area contributed by atoms with Gasteiger partial charge in [-0.15, -0.1) is 0 Å². The van der Waals surface area contributed by atoms with Gasteiger partial charge >= 0.3 is 0 Å². The molecule has 3 rings (SSSR count). The molecule has 2 bridgehead atoms. The molecule has 0 aromatic carbocycles. The predicted molar refractivity (Wildman–Crippen MR) is 72.6 cm³/mol. The molecule has 0 spiro atoms. The van der Waals surface area contributed by atoms with Crippen molar-refractivity contribution < 1.29 is 9.53 Å². The number of carbonyl (C=O) groups excluding carboxylic acids is 1. The Morgan fingerprint density at radius 1 is 1.26 bits per heavy atom. The minimum atomic E-state index is 0.0726. The number of hydrogen-bond donors (Lipinski definition) is 2. The molecule has 5 nitrogen and oxygen atoms in total. The van der Waals surface area contributed by atoms with E-state index in [2.05, 4.69) is 10.2 Å². The summed E-state index contributed by atoms with van der Waals surface area (Å²) < 4.78 is 5.31.